The summed E-state index contributed by atoms with van der Waals surface area (Å²) in [5.74, 6) is -1.34. The Balaban J connectivity index is 2.57. The number of ether oxygens (including phenoxy) is 2. The van der Waals surface area contributed by atoms with Crippen LogP contribution in [0.4, 0.5) is 5.69 Å². The maximum atomic E-state index is 11.7. The lowest BCUT2D eigenvalue weighted by Crippen LogP contribution is -2.39. The highest BCUT2D eigenvalue weighted by Gasteiger charge is 2.13. The highest BCUT2D eigenvalue weighted by molar-refractivity contribution is 5.98. The van der Waals surface area contributed by atoms with E-state index in [2.05, 4.69) is 15.4 Å². The first-order chi connectivity index (χ1) is 10.5. The second kappa shape index (κ2) is 8.75. The van der Waals surface area contributed by atoms with Crippen LogP contribution in [0.15, 0.2) is 24.3 Å². The number of carbonyl (C=O) groups is 3. The zero-order valence-electron chi connectivity index (χ0n) is 12.4. The van der Waals surface area contributed by atoms with E-state index in [4.69, 9.17) is 10.5 Å². The average Bonchev–Trinajstić information content (AvgIpc) is 2.53. The molecule has 0 spiro atoms. The first-order valence-electron chi connectivity index (χ1n) is 6.48. The molecule has 22 heavy (non-hydrogen) atoms. The lowest BCUT2D eigenvalue weighted by molar-refractivity contribution is -0.139. The van der Waals surface area contributed by atoms with Crippen molar-refractivity contribution in [3.8, 4) is 0 Å². The topological polar surface area (TPSA) is 120 Å². The molecule has 4 N–H and O–H groups in total. The summed E-state index contributed by atoms with van der Waals surface area (Å²) in [5, 5.41) is 5.01. The molecule has 8 nitrogen and oxygen atoms in total. The van der Waals surface area contributed by atoms with Crippen LogP contribution in [-0.2, 0) is 19.1 Å². The van der Waals surface area contributed by atoms with Crippen molar-refractivity contribution in [3.05, 3.63) is 29.8 Å². The molecule has 120 valence electrons. The molecule has 1 unspecified atom stereocenters. The van der Waals surface area contributed by atoms with E-state index >= 15 is 0 Å². The molecule has 1 atom stereocenters. The smallest absolute Gasteiger partial charge is 0.325 e. The van der Waals surface area contributed by atoms with Crippen molar-refractivity contribution in [3.63, 3.8) is 0 Å². The number of anilines is 1. The van der Waals surface area contributed by atoms with Crippen LogP contribution >= 0.6 is 0 Å². The van der Waals surface area contributed by atoms with E-state index in [0.717, 1.165) is 0 Å². The Morgan fingerprint density at radius 1 is 1.18 bits per heavy atom. The third-order valence-corrected chi connectivity index (χ3v) is 2.72. The number of esters is 1. The molecule has 0 fully saturated rings. The molecule has 0 saturated heterocycles. The fourth-order valence-corrected chi connectivity index (χ4v) is 1.52. The number of benzene rings is 1. The number of carbonyl (C=O) groups excluding carboxylic acids is 3. The lowest BCUT2D eigenvalue weighted by Gasteiger charge is -2.11. The zero-order valence-corrected chi connectivity index (χ0v) is 12.4. The Hall–Kier alpha value is -2.45. The van der Waals surface area contributed by atoms with Crippen molar-refractivity contribution in [2.75, 3.05) is 32.7 Å². The number of hydrogen-bond acceptors (Lipinski definition) is 6. The highest BCUT2D eigenvalue weighted by Crippen LogP contribution is 2.09. The summed E-state index contributed by atoms with van der Waals surface area (Å²) in [6.07, 6.45) is 0. The Morgan fingerprint density at radius 3 is 2.36 bits per heavy atom. The van der Waals surface area contributed by atoms with Crippen LogP contribution in [0.25, 0.3) is 0 Å². The summed E-state index contributed by atoms with van der Waals surface area (Å²) in [7, 11) is 2.69. The quantitative estimate of drug-likeness (QED) is 0.584. The van der Waals surface area contributed by atoms with E-state index in [1.54, 1.807) is 12.1 Å². The van der Waals surface area contributed by atoms with Gasteiger partial charge in [0.1, 0.15) is 12.6 Å². The van der Waals surface area contributed by atoms with E-state index in [9.17, 15) is 14.4 Å². The zero-order chi connectivity index (χ0) is 16.5. The second-order valence-corrected chi connectivity index (χ2v) is 4.39. The lowest BCUT2D eigenvalue weighted by atomic mass is 10.2. The van der Waals surface area contributed by atoms with E-state index in [1.807, 2.05) is 0 Å². The third kappa shape index (κ3) is 5.51. The number of hydrogen-bond donors (Lipinski definition) is 3. The molecule has 0 aliphatic carbocycles. The predicted octanol–water partition coefficient (Wildman–Crippen LogP) is -0.498. The molecule has 0 saturated carbocycles. The molecule has 1 aromatic rings. The van der Waals surface area contributed by atoms with Crippen LogP contribution in [0.3, 0.4) is 0 Å². The molecule has 0 aliphatic heterocycles. The molecular formula is C14H19N3O5. The summed E-state index contributed by atoms with van der Waals surface area (Å²) in [6.45, 7) is -0.0977. The monoisotopic (exact) mass is 309 g/mol. The van der Waals surface area contributed by atoms with Crippen LogP contribution < -0.4 is 16.4 Å². The maximum Gasteiger partial charge on any atom is 0.325 e. The van der Waals surface area contributed by atoms with Gasteiger partial charge in [0.15, 0.2) is 0 Å². The maximum absolute atomic E-state index is 11.7. The Bertz CT molecular complexity index is 530. The molecule has 0 aliphatic rings. The molecule has 1 rings (SSSR count). The standard InChI is InChI=1S/C14H19N3O5/c1-21-8-11(15)14(20)17-10-5-3-9(4-6-10)13(19)16-7-12(18)22-2/h3-6,11H,7-8,15H2,1-2H3,(H,16,19)(H,17,20). The number of nitrogens with two attached hydrogens (primary N) is 1. The fraction of sp³-hybridized carbons (Fsp3) is 0.357. The van der Waals surface area contributed by atoms with E-state index in [-0.39, 0.29) is 19.1 Å². The van der Waals surface area contributed by atoms with Gasteiger partial charge in [-0.3, -0.25) is 14.4 Å². The molecule has 8 heteroatoms. The Kier molecular flexibility index (Phi) is 7.00. The van der Waals surface area contributed by atoms with Gasteiger partial charge in [0.2, 0.25) is 5.91 Å². The van der Waals surface area contributed by atoms with Gasteiger partial charge in [0.05, 0.1) is 13.7 Å². The van der Waals surface area contributed by atoms with Gasteiger partial charge < -0.3 is 25.8 Å². The van der Waals surface area contributed by atoms with Crippen LogP contribution in [0.2, 0.25) is 0 Å². The van der Waals surface area contributed by atoms with Crippen LogP contribution in [0.5, 0.6) is 0 Å². The van der Waals surface area contributed by atoms with Crippen molar-refractivity contribution < 1.29 is 23.9 Å². The summed E-state index contributed by atoms with van der Waals surface area (Å²) in [4.78, 5) is 34.4. The van der Waals surface area contributed by atoms with Gasteiger partial charge >= 0.3 is 5.97 Å². The molecule has 1 aromatic carbocycles. The SMILES string of the molecule is COCC(N)C(=O)Nc1ccc(C(=O)NCC(=O)OC)cc1. The van der Waals surface area contributed by atoms with Crippen LogP contribution in [0.1, 0.15) is 10.4 Å². The van der Waals surface area contributed by atoms with Gasteiger partial charge in [-0.25, -0.2) is 0 Å². The molecule has 2 amide bonds. The van der Waals surface area contributed by atoms with Crippen LogP contribution in [-0.4, -0.2) is 51.2 Å². The summed E-state index contributed by atoms with van der Waals surface area (Å²) in [6, 6.07) is 5.39. The number of amides is 2. The number of nitrogens with one attached hydrogen (secondary N) is 2. The summed E-state index contributed by atoms with van der Waals surface area (Å²) < 4.78 is 9.21. The van der Waals surface area contributed by atoms with Gasteiger partial charge in [0.25, 0.3) is 5.91 Å². The summed E-state index contributed by atoms with van der Waals surface area (Å²) in [5.41, 5.74) is 6.44. The normalized spacial score (nSPS) is 11.4. The Morgan fingerprint density at radius 2 is 1.82 bits per heavy atom. The van der Waals surface area contributed by atoms with Crippen molar-refractivity contribution >= 4 is 23.5 Å². The van der Waals surface area contributed by atoms with E-state index in [1.165, 1.54) is 26.4 Å². The van der Waals surface area contributed by atoms with Gasteiger partial charge in [-0.2, -0.15) is 0 Å². The van der Waals surface area contributed by atoms with E-state index in [0.29, 0.717) is 11.3 Å². The molecular weight excluding hydrogens is 290 g/mol. The summed E-state index contributed by atoms with van der Waals surface area (Å²) >= 11 is 0. The van der Waals surface area contributed by atoms with Crippen molar-refractivity contribution in [2.45, 2.75) is 6.04 Å². The van der Waals surface area contributed by atoms with Gasteiger partial charge in [-0.05, 0) is 24.3 Å². The molecule has 0 heterocycles. The van der Waals surface area contributed by atoms with Crippen molar-refractivity contribution in [1.29, 1.82) is 0 Å². The number of methoxy groups -OCH3 is 2. The van der Waals surface area contributed by atoms with Crippen molar-refractivity contribution in [1.82, 2.24) is 5.32 Å². The first-order valence-corrected chi connectivity index (χ1v) is 6.48. The second-order valence-electron chi connectivity index (χ2n) is 4.39. The van der Waals surface area contributed by atoms with Gasteiger partial charge in [-0.15, -0.1) is 0 Å². The predicted molar refractivity (Wildman–Crippen MR) is 79.3 cm³/mol. The fourth-order valence-electron chi connectivity index (χ4n) is 1.52. The minimum absolute atomic E-state index is 0.111. The highest BCUT2D eigenvalue weighted by atomic mass is 16.5. The molecule has 0 aromatic heterocycles. The molecule has 0 bridgehead atoms. The number of rotatable bonds is 7. The van der Waals surface area contributed by atoms with Crippen LogP contribution in [0, 0.1) is 0 Å². The molecule has 0 radical (unpaired) electrons. The van der Waals surface area contributed by atoms with E-state index < -0.39 is 17.9 Å². The van der Waals surface area contributed by atoms with Gasteiger partial charge in [0, 0.05) is 18.4 Å². The largest absolute Gasteiger partial charge is 0.468 e. The van der Waals surface area contributed by atoms with Crippen molar-refractivity contribution in [2.24, 2.45) is 5.73 Å². The minimum atomic E-state index is -0.770. The first kappa shape index (κ1) is 17.6. The average molecular weight is 309 g/mol. The van der Waals surface area contributed by atoms with Gasteiger partial charge in [-0.1, -0.05) is 0 Å². The Labute approximate surface area is 128 Å². The minimum Gasteiger partial charge on any atom is -0.468 e. The third-order valence-electron chi connectivity index (χ3n) is 2.72.